The summed E-state index contributed by atoms with van der Waals surface area (Å²) < 4.78 is 5.73. The van der Waals surface area contributed by atoms with Gasteiger partial charge in [0.1, 0.15) is 0 Å². The molecule has 1 aliphatic rings. The van der Waals surface area contributed by atoms with Crippen LogP contribution < -0.4 is 11.3 Å². The number of nitrogens with one attached hydrogen (secondary N) is 1. The maximum atomic E-state index is 5.73. The smallest absolute Gasteiger partial charge is 0.0832 e. The van der Waals surface area contributed by atoms with Gasteiger partial charge in [-0.1, -0.05) is 18.9 Å². The first kappa shape index (κ1) is 14.0. The van der Waals surface area contributed by atoms with E-state index in [9.17, 15) is 0 Å². The third kappa shape index (κ3) is 5.34. The SMILES string of the molecule is C=CCCCCCC(NN)C1CSCCO1. The van der Waals surface area contributed by atoms with Crippen LogP contribution >= 0.6 is 11.8 Å². The predicted octanol–water partition coefficient (Wildman–Crippen LogP) is 2.09. The van der Waals surface area contributed by atoms with E-state index in [1.54, 1.807) is 0 Å². The van der Waals surface area contributed by atoms with Crippen molar-refractivity contribution < 1.29 is 4.74 Å². The van der Waals surface area contributed by atoms with E-state index in [0.717, 1.165) is 31.0 Å². The van der Waals surface area contributed by atoms with Crippen molar-refractivity contribution in [2.24, 2.45) is 5.84 Å². The molecule has 0 aromatic heterocycles. The molecule has 1 aliphatic heterocycles. The lowest BCUT2D eigenvalue weighted by atomic mass is 10.0. The van der Waals surface area contributed by atoms with Crippen LogP contribution in [0.2, 0.25) is 0 Å². The average Bonchev–Trinajstić information content (AvgIpc) is 2.35. The Bertz CT molecular complexity index is 184. The fraction of sp³-hybridized carbons (Fsp3) is 0.833. The average molecular weight is 244 g/mol. The molecule has 1 fully saturated rings. The number of nitrogens with two attached hydrogens (primary N) is 1. The third-order valence-corrected chi connectivity index (χ3v) is 3.95. The van der Waals surface area contributed by atoms with Gasteiger partial charge < -0.3 is 4.74 Å². The zero-order chi connectivity index (χ0) is 11.6. The van der Waals surface area contributed by atoms with E-state index in [0.29, 0.717) is 12.1 Å². The zero-order valence-electron chi connectivity index (χ0n) is 9.99. The van der Waals surface area contributed by atoms with Gasteiger partial charge in [0, 0.05) is 17.5 Å². The molecule has 1 heterocycles. The van der Waals surface area contributed by atoms with Gasteiger partial charge >= 0.3 is 0 Å². The molecule has 0 radical (unpaired) electrons. The molecular weight excluding hydrogens is 220 g/mol. The van der Waals surface area contributed by atoms with Crippen molar-refractivity contribution in [1.29, 1.82) is 0 Å². The van der Waals surface area contributed by atoms with Crippen LogP contribution in [0.4, 0.5) is 0 Å². The quantitative estimate of drug-likeness (QED) is 0.297. The molecule has 2 atom stereocenters. The largest absolute Gasteiger partial charge is 0.375 e. The monoisotopic (exact) mass is 244 g/mol. The maximum absolute atomic E-state index is 5.73. The first-order valence-corrected chi connectivity index (χ1v) is 7.30. The van der Waals surface area contributed by atoms with E-state index >= 15 is 0 Å². The van der Waals surface area contributed by atoms with Crippen LogP contribution in [-0.2, 0) is 4.74 Å². The van der Waals surface area contributed by atoms with Crippen LogP contribution in [0.3, 0.4) is 0 Å². The second-order valence-corrected chi connectivity index (χ2v) is 5.33. The molecule has 0 saturated carbocycles. The molecule has 1 saturated heterocycles. The van der Waals surface area contributed by atoms with E-state index in [2.05, 4.69) is 12.0 Å². The Labute approximate surface area is 103 Å². The summed E-state index contributed by atoms with van der Waals surface area (Å²) in [6.07, 6.45) is 8.22. The van der Waals surface area contributed by atoms with Crippen molar-refractivity contribution in [3.8, 4) is 0 Å². The van der Waals surface area contributed by atoms with Crippen molar-refractivity contribution in [1.82, 2.24) is 5.43 Å². The minimum absolute atomic E-state index is 0.295. The lowest BCUT2D eigenvalue weighted by molar-refractivity contribution is 0.0441. The van der Waals surface area contributed by atoms with Crippen LogP contribution in [-0.4, -0.2) is 30.3 Å². The molecular formula is C12H24N2OS. The molecule has 0 aliphatic carbocycles. The number of ether oxygens (including phenoxy) is 1. The predicted molar refractivity (Wildman–Crippen MR) is 71.5 cm³/mol. The minimum Gasteiger partial charge on any atom is -0.375 e. The van der Waals surface area contributed by atoms with Crippen molar-refractivity contribution in [2.45, 2.75) is 44.2 Å². The summed E-state index contributed by atoms with van der Waals surface area (Å²) in [5, 5.41) is 0. The van der Waals surface area contributed by atoms with Gasteiger partial charge in [-0.15, -0.1) is 6.58 Å². The van der Waals surface area contributed by atoms with Crippen molar-refractivity contribution in [3.63, 3.8) is 0 Å². The van der Waals surface area contributed by atoms with Crippen molar-refractivity contribution >= 4 is 11.8 Å². The summed E-state index contributed by atoms with van der Waals surface area (Å²) in [7, 11) is 0. The highest BCUT2D eigenvalue weighted by molar-refractivity contribution is 7.99. The molecule has 3 N–H and O–H groups in total. The number of rotatable bonds is 8. The van der Waals surface area contributed by atoms with Crippen molar-refractivity contribution in [2.75, 3.05) is 18.1 Å². The van der Waals surface area contributed by atoms with E-state index in [4.69, 9.17) is 10.6 Å². The van der Waals surface area contributed by atoms with Gasteiger partial charge in [0.05, 0.1) is 12.7 Å². The number of hydrogen-bond acceptors (Lipinski definition) is 4. The number of hydrogen-bond donors (Lipinski definition) is 2. The summed E-state index contributed by atoms with van der Waals surface area (Å²) in [6.45, 7) is 4.59. The molecule has 94 valence electrons. The Morgan fingerprint density at radius 2 is 2.38 bits per heavy atom. The van der Waals surface area contributed by atoms with Crippen LogP contribution in [0.5, 0.6) is 0 Å². The number of allylic oxidation sites excluding steroid dienone is 1. The Morgan fingerprint density at radius 1 is 1.50 bits per heavy atom. The van der Waals surface area contributed by atoms with Gasteiger partial charge in [-0.2, -0.15) is 11.8 Å². The Kier molecular flexibility index (Phi) is 7.93. The first-order valence-electron chi connectivity index (χ1n) is 6.15. The summed E-state index contributed by atoms with van der Waals surface area (Å²) in [5.74, 6) is 7.78. The molecule has 16 heavy (non-hydrogen) atoms. The number of thioether (sulfide) groups is 1. The molecule has 1 rings (SSSR count). The topological polar surface area (TPSA) is 47.3 Å². The molecule has 0 bridgehead atoms. The molecule has 0 aromatic carbocycles. The van der Waals surface area contributed by atoms with E-state index in [1.807, 2.05) is 17.8 Å². The molecule has 0 aromatic rings. The highest BCUT2D eigenvalue weighted by Gasteiger charge is 2.23. The lowest BCUT2D eigenvalue weighted by Gasteiger charge is -2.29. The summed E-state index contributed by atoms with van der Waals surface area (Å²) in [6, 6.07) is 0.316. The molecule has 4 heteroatoms. The second-order valence-electron chi connectivity index (χ2n) is 4.18. The Balaban J connectivity index is 2.12. The van der Waals surface area contributed by atoms with Gasteiger partial charge in [0.15, 0.2) is 0 Å². The van der Waals surface area contributed by atoms with E-state index < -0.39 is 0 Å². The second kappa shape index (κ2) is 9.05. The maximum Gasteiger partial charge on any atom is 0.0832 e. The van der Waals surface area contributed by atoms with E-state index in [1.165, 1.54) is 19.3 Å². The first-order chi connectivity index (χ1) is 7.88. The van der Waals surface area contributed by atoms with Gasteiger partial charge in [-0.3, -0.25) is 11.3 Å². The molecule has 3 nitrogen and oxygen atoms in total. The van der Waals surface area contributed by atoms with Gasteiger partial charge in [0.2, 0.25) is 0 Å². The van der Waals surface area contributed by atoms with Crippen LogP contribution in [0.15, 0.2) is 12.7 Å². The molecule has 0 amide bonds. The normalized spacial score (nSPS) is 22.9. The highest BCUT2D eigenvalue weighted by Crippen LogP contribution is 2.18. The van der Waals surface area contributed by atoms with Gasteiger partial charge in [0.25, 0.3) is 0 Å². The summed E-state index contributed by atoms with van der Waals surface area (Å²) in [4.78, 5) is 0. The van der Waals surface area contributed by atoms with E-state index in [-0.39, 0.29) is 0 Å². The van der Waals surface area contributed by atoms with Crippen LogP contribution in [0.25, 0.3) is 0 Å². The van der Waals surface area contributed by atoms with Crippen LogP contribution in [0.1, 0.15) is 32.1 Å². The highest BCUT2D eigenvalue weighted by atomic mass is 32.2. The van der Waals surface area contributed by atoms with Gasteiger partial charge in [-0.25, -0.2) is 0 Å². The fourth-order valence-electron chi connectivity index (χ4n) is 1.94. The summed E-state index contributed by atoms with van der Waals surface area (Å²) in [5.41, 5.74) is 2.90. The van der Waals surface area contributed by atoms with Crippen molar-refractivity contribution in [3.05, 3.63) is 12.7 Å². The van der Waals surface area contributed by atoms with Gasteiger partial charge in [-0.05, 0) is 19.3 Å². The Morgan fingerprint density at radius 3 is 3.00 bits per heavy atom. The third-order valence-electron chi connectivity index (χ3n) is 2.93. The fourth-order valence-corrected chi connectivity index (χ4v) is 2.89. The molecule has 0 spiro atoms. The number of unbranched alkanes of at least 4 members (excludes halogenated alkanes) is 3. The number of hydrazine groups is 1. The molecule has 2 unspecified atom stereocenters. The minimum atomic E-state index is 0.295. The Hall–Kier alpha value is -0.0300. The lowest BCUT2D eigenvalue weighted by Crippen LogP contribution is -2.47. The van der Waals surface area contributed by atoms with Crippen LogP contribution in [0, 0.1) is 0 Å². The summed E-state index contributed by atoms with van der Waals surface area (Å²) >= 11 is 1.96. The zero-order valence-corrected chi connectivity index (χ0v) is 10.8. The standard InChI is InChI=1S/C12H24N2OS/c1-2-3-4-5-6-7-11(14-13)12-10-16-9-8-15-12/h2,11-12,14H,1,3-10,13H2.